The Kier molecular flexibility index (Phi) is 3.94. The lowest BCUT2D eigenvalue weighted by molar-refractivity contribution is 0.0691. The maximum Gasteiger partial charge on any atom is 0.290 e. The van der Waals surface area contributed by atoms with Gasteiger partial charge in [-0.05, 0) is 29.8 Å². The van der Waals surface area contributed by atoms with Crippen molar-refractivity contribution in [3.8, 4) is 0 Å². The third kappa shape index (κ3) is 2.49. The number of rotatable bonds is 3. The molecule has 0 spiro atoms. The second-order valence-electron chi connectivity index (χ2n) is 5.85. The van der Waals surface area contributed by atoms with Crippen LogP contribution in [0.1, 0.15) is 27.7 Å². The summed E-state index contributed by atoms with van der Waals surface area (Å²) in [6.45, 7) is -0.0694. The average Bonchev–Trinajstić information content (AvgIpc) is 2.89. The zero-order valence-corrected chi connectivity index (χ0v) is 14.7. The third-order valence-electron chi connectivity index (χ3n) is 4.40. The molecule has 2 aromatic carbocycles. The average molecular weight is 400 g/mol. The molecule has 1 atom stereocenters. The van der Waals surface area contributed by atoms with Gasteiger partial charge in [0.2, 0.25) is 5.76 Å². The zero-order valence-electron chi connectivity index (χ0n) is 13.1. The van der Waals surface area contributed by atoms with E-state index in [4.69, 9.17) is 4.42 Å². The van der Waals surface area contributed by atoms with Crippen LogP contribution in [0.5, 0.6) is 0 Å². The highest BCUT2D eigenvalue weighted by Crippen LogP contribution is 2.38. The molecule has 5 nitrogen and oxygen atoms in total. The first kappa shape index (κ1) is 16.1. The van der Waals surface area contributed by atoms with Crippen molar-refractivity contribution in [1.82, 2.24) is 4.90 Å². The minimum absolute atomic E-state index is 0.0602. The first-order valence-corrected chi connectivity index (χ1v) is 8.64. The molecule has 4 rings (SSSR count). The van der Waals surface area contributed by atoms with Gasteiger partial charge >= 0.3 is 0 Å². The molecule has 6 heteroatoms. The number of fused-ring (bicyclic) bond motifs is 2. The molecule has 1 N–H and O–H groups in total. The predicted octanol–water partition coefficient (Wildman–Crippen LogP) is 3.09. The zero-order chi connectivity index (χ0) is 17.6. The predicted molar refractivity (Wildman–Crippen MR) is 96.6 cm³/mol. The number of aliphatic hydroxyl groups is 1. The minimum Gasteiger partial charge on any atom is -0.450 e. The maximum absolute atomic E-state index is 13.1. The van der Waals surface area contributed by atoms with Gasteiger partial charge in [0.15, 0.2) is 5.43 Å². The topological polar surface area (TPSA) is 70.8 Å². The van der Waals surface area contributed by atoms with E-state index in [1.165, 1.54) is 4.90 Å². The molecule has 0 saturated carbocycles. The van der Waals surface area contributed by atoms with Gasteiger partial charge in [-0.25, -0.2) is 0 Å². The molecular weight excluding hydrogens is 386 g/mol. The molecule has 2 heterocycles. The number of nitrogens with zero attached hydrogens (tertiary/aromatic N) is 1. The van der Waals surface area contributed by atoms with Crippen LogP contribution in [0.15, 0.2) is 62.2 Å². The number of para-hydroxylation sites is 1. The summed E-state index contributed by atoms with van der Waals surface area (Å²) in [6.07, 6.45) is 0. The SMILES string of the molecule is O=C1c2oc3ccccc3c(=O)c2[C@H](c2ccc(Br)cc2)N1CCO. The second-order valence-corrected chi connectivity index (χ2v) is 6.76. The highest BCUT2D eigenvalue weighted by molar-refractivity contribution is 9.10. The standard InChI is InChI=1S/C19H14BrNO4/c20-12-7-5-11(6-8-12)16-15-17(23)13-3-1-2-4-14(13)25-18(15)19(24)21(16)9-10-22/h1-8,16,22H,9-10H2/t16-/m0/s1. The number of carbonyl (C=O) groups is 1. The molecule has 0 unspecified atom stereocenters. The Bertz CT molecular complexity index is 1030. The number of benzene rings is 2. The number of amides is 1. The highest BCUT2D eigenvalue weighted by atomic mass is 79.9. The van der Waals surface area contributed by atoms with Gasteiger partial charge in [0.25, 0.3) is 5.91 Å². The van der Waals surface area contributed by atoms with Gasteiger partial charge in [0, 0.05) is 11.0 Å². The Morgan fingerprint density at radius 3 is 2.52 bits per heavy atom. The van der Waals surface area contributed by atoms with Crippen LogP contribution in [0, 0.1) is 0 Å². The fraction of sp³-hybridized carbons (Fsp3) is 0.158. The monoisotopic (exact) mass is 399 g/mol. The van der Waals surface area contributed by atoms with Crippen LogP contribution >= 0.6 is 15.9 Å². The molecule has 0 fully saturated rings. The summed E-state index contributed by atoms with van der Waals surface area (Å²) < 4.78 is 6.67. The van der Waals surface area contributed by atoms with Gasteiger partial charge in [-0.1, -0.05) is 40.2 Å². The van der Waals surface area contributed by atoms with E-state index in [9.17, 15) is 14.7 Å². The Labute approximate surface area is 151 Å². The molecule has 3 aromatic rings. The van der Waals surface area contributed by atoms with E-state index in [1.54, 1.807) is 24.3 Å². The lowest BCUT2D eigenvalue weighted by Gasteiger charge is -2.24. The van der Waals surface area contributed by atoms with Crippen LogP contribution in [-0.4, -0.2) is 29.1 Å². The maximum atomic E-state index is 13.1. The van der Waals surface area contributed by atoms with Crippen LogP contribution in [0.3, 0.4) is 0 Å². The Morgan fingerprint density at radius 1 is 1.08 bits per heavy atom. The Morgan fingerprint density at radius 2 is 1.80 bits per heavy atom. The first-order chi connectivity index (χ1) is 12.1. The van der Waals surface area contributed by atoms with E-state index in [2.05, 4.69) is 15.9 Å². The van der Waals surface area contributed by atoms with Crippen molar-refractivity contribution >= 4 is 32.8 Å². The van der Waals surface area contributed by atoms with E-state index in [0.717, 1.165) is 10.0 Å². The van der Waals surface area contributed by atoms with Crippen molar-refractivity contribution in [3.63, 3.8) is 0 Å². The summed E-state index contributed by atoms with van der Waals surface area (Å²) in [5, 5.41) is 9.83. The quantitative estimate of drug-likeness (QED) is 0.734. The Balaban J connectivity index is 2.00. The summed E-state index contributed by atoms with van der Waals surface area (Å²) in [5.41, 5.74) is 1.31. The Hall–Kier alpha value is -2.44. The molecule has 0 saturated heterocycles. The van der Waals surface area contributed by atoms with Gasteiger partial charge in [0.1, 0.15) is 5.58 Å². The highest BCUT2D eigenvalue weighted by Gasteiger charge is 2.42. The fourth-order valence-electron chi connectivity index (χ4n) is 3.30. The normalized spacial score (nSPS) is 16.5. The molecule has 25 heavy (non-hydrogen) atoms. The molecule has 0 bridgehead atoms. The number of halogens is 1. The molecule has 1 amide bonds. The van der Waals surface area contributed by atoms with Crippen LogP contribution < -0.4 is 5.43 Å². The van der Waals surface area contributed by atoms with E-state index >= 15 is 0 Å². The van der Waals surface area contributed by atoms with Gasteiger partial charge in [-0.2, -0.15) is 0 Å². The summed E-state index contributed by atoms with van der Waals surface area (Å²) in [5.74, 6) is -0.315. The number of aliphatic hydroxyl groups excluding tert-OH is 1. The number of β-amino-alcohol motifs (C(OH)–C–C–N with tert-alkyl or cyclic N) is 1. The van der Waals surface area contributed by atoms with Gasteiger partial charge < -0.3 is 14.4 Å². The van der Waals surface area contributed by atoms with Crippen molar-refractivity contribution in [1.29, 1.82) is 0 Å². The van der Waals surface area contributed by atoms with Crippen LogP contribution in [-0.2, 0) is 0 Å². The van der Waals surface area contributed by atoms with Crippen LogP contribution in [0.4, 0.5) is 0 Å². The van der Waals surface area contributed by atoms with Crippen molar-refractivity contribution in [2.45, 2.75) is 6.04 Å². The van der Waals surface area contributed by atoms with E-state index in [-0.39, 0.29) is 30.2 Å². The fourth-order valence-corrected chi connectivity index (χ4v) is 3.56. The van der Waals surface area contributed by atoms with Crippen molar-refractivity contribution in [3.05, 3.63) is 80.1 Å². The van der Waals surface area contributed by atoms with Crippen molar-refractivity contribution in [2.75, 3.05) is 13.2 Å². The van der Waals surface area contributed by atoms with Crippen molar-refractivity contribution < 1.29 is 14.3 Å². The van der Waals surface area contributed by atoms with Gasteiger partial charge in [-0.15, -0.1) is 0 Å². The molecule has 0 radical (unpaired) electrons. The second kappa shape index (κ2) is 6.13. The molecule has 1 aromatic heterocycles. The van der Waals surface area contributed by atoms with Crippen LogP contribution in [0.25, 0.3) is 11.0 Å². The minimum atomic E-state index is -0.566. The van der Waals surface area contributed by atoms with E-state index in [1.807, 2.05) is 24.3 Å². The molecule has 1 aliphatic heterocycles. The molecule has 126 valence electrons. The third-order valence-corrected chi connectivity index (χ3v) is 4.93. The molecular formula is C19H14BrNO4. The molecule has 0 aliphatic carbocycles. The lowest BCUT2D eigenvalue weighted by atomic mass is 9.98. The summed E-state index contributed by atoms with van der Waals surface area (Å²) in [7, 11) is 0. The number of hydrogen-bond donors (Lipinski definition) is 1. The lowest BCUT2D eigenvalue weighted by Crippen LogP contribution is -2.32. The number of hydrogen-bond acceptors (Lipinski definition) is 4. The summed E-state index contributed by atoms with van der Waals surface area (Å²) in [6, 6.07) is 13.8. The van der Waals surface area contributed by atoms with Crippen molar-refractivity contribution in [2.24, 2.45) is 0 Å². The molecule has 1 aliphatic rings. The number of carbonyl (C=O) groups excluding carboxylic acids is 1. The summed E-state index contributed by atoms with van der Waals surface area (Å²) in [4.78, 5) is 27.3. The largest absolute Gasteiger partial charge is 0.450 e. The van der Waals surface area contributed by atoms with Crippen LogP contribution in [0.2, 0.25) is 0 Å². The smallest absolute Gasteiger partial charge is 0.290 e. The van der Waals surface area contributed by atoms with E-state index < -0.39 is 6.04 Å². The first-order valence-electron chi connectivity index (χ1n) is 7.85. The van der Waals surface area contributed by atoms with Gasteiger partial charge in [-0.3, -0.25) is 9.59 Å². The van der Waals surface area contributed by atoms with E-state index in [0.29, 0.717) is 16.5 Å². The summed E-state index contributed by atoms with van der Waals surface area (Å²) >= 11 is 3.39. The van der Waals surface area contributed by atoms with Gasteiger partial charge in [0.05, 0.1) is 23.6 Å².